The van der Waals surface area contributed by atoms with Gasteiger partial charge in [-0.1, -0.05) is 32.0 Å². The number of halogens is 4. The number of rotatable bonds is 7. The topological polar surface area (TPSA) is 36.7 Å². The lowest BCUT2D eigenvalue weighted by Crippen LogP contribution is -2.34. The summed E-state index contributed by atoms with van der Waals surface area (Å²) in [4.78, 5) is 15.6. The standard InChI is InChI=1S/C21H24ClF3N2O2/c1-5-8-26(9-6-2)20(28)14(3)19(22)27-12-17(16-7-10-29-13-16)11-18(15(27)4)21(23,24)25/h7,10-13H,4-6,8-9H2,1-3H3/b19-14+. The van der Waals surface area contributed by atoms with E-state index < -0.39 is 11.7 Å². The van der Waals surface area contributed by atoms with Gasteiger partial charge in [0.1, 0.15) is 5.16 Å². The van der Waals surface area contributed by atoms with Crippen molar-refractivity contribution in [3.8, 4) is 0 Å². The van der Waals surface area contributed by atoms with E-state index in [2.05, 4.69) is 6.58 Å². The second-order valence-electron chi connectivity index (χ2n) is 6.68. The van der Waals surface area contributed by atoms with Crippen molar-refractivity contribution >= 4 is 23.1 Å². The van der Waals surface area contributed by atoms with Crippen molar-refractivity contribution in [1.29, 1.82) is 0 Å². The largest absolute Gasteiger partial charge is 0.472 e. The van der Waals surface area contributed by atoms with Gasteiger partial charge in [0, 0.05) is 36.0 Å². The second-order valence-corrected chi connectivity index (χ2v) is 7.03. The zero-order valence-electron chi connectivity index (χ0n) is 16.6. The van der Waals surface area contributed by atoms with Crippen LogP contribution in [0.2, 0.25) is 0 Å². The van der Waals surface area contributed by atoms with Crippen molar-refractivity contribution in [1.82, 2.24) is 9.80 Å². The number of alkyl halides is 3. The average Bonchev–Trinajstić information content (AvgIpc) is 3.20. The predicted octanol–water partition coefficient (Wildman–Crippen LogP) is 6.06. The van der Waals surface area contributed by atoms with E-state index in [1.165, 1.54) is 25.7 Å². The maximum absolute atomic E-state index is 13.6. The molecule has 158 valence electrons. The molecule has 1 aliphatic heterocycles. The van der Waals surface area contributed by atoms with Gasteiger partial charge in [0.25, 0.3) is 5.91 Å². The number of amides is 1. The molecule has 2 heterocycles. The number of furan rings is 1. The molecular weight excluding hydrogens is 405 g/mol. The first-order valence-electron chi connectivity index (χ1n) is 9.29. The first-order valence-corrected chi connectivity index (χ1v) is 9.67. The van der Waals surface area contributed by atoms with E-state index in [-0.39, 0.29) is 27.9 Å². The molecule has 2 rings (SSSR count). The van der Waals surface area contributed by atoms with Crippen LogP contribution in [0.25, 0.3) is 5.57 Å². The lowest BCUT2D eigenvalue weighted by atomic mass is 10.0. The molecule has 0 saturated carbocycles. The first-order chi connectivity index (χ1) is 13.6. The molecule has 0 aliphatic carbocycles. The van der Waals surface area contributed by atoms with Crippen LogP contribution in [0.1, 0.15) is 39.2 Å². The van der Waals surface area contributed by atoms with E-state index >= 15 is 0 Å². The van der Waals surface area contributed by atoms with Crippen LogP contribution in [0, 0.1) is 0 Å². The van der Waals surface area contributed by atoms with E-state index in [4.69, 9.17) is 16.0 Å². The van der Waals surface area contributed by atoms with Crippen LogP contribution in [0.15, 0.2) is 63.9 Å². The van der Waals surface area contributed by atoms with Gasteiger partial charge in [-0.25, -0.2) is 0 Å². The van der Waals surface area contributed by atoms with E-state index in [1.54, 1.807) is 11.0 Å². The normalized spacial score (nSPS) is 15.7. The Balaban J connectivity index is 2.49. The van der Waals surface area contributed by atoms with Gasteiger partial charge in [0.05, 0.1) is 23.8 Å². The summed E-state index contributed by atoms with van der Waals surface area (Å²) in [7, 11) is 0. The van der Waals surface area contributed by atoms with Gasteiger partial charge < -0.3 is 14.2 Å². The molecule has 0 fully saturated rings. The number of allylic oxidation sites excluding steroid dienone is 3. The molecule has 0 bridgehead atoms. The molecule has 29 heavy (non-hydrogen) atoms. The number of hydrogen-bond donors (Lipinski definition) is 0. The van der Waals surface area contributed by atoms with Crippen LogP contribution >= 0.6 is 11.6 Å². The zero-order valence-corrected chi connectivity index (χ0v) is 17.4. The van der Waals surface area contributed by atoms with Gasteiger partial charge in [-0.2, -0.15) is 13.2 Å². The van der Waals surface area contributed by atoms with Gasteiger partial charge in [-0.3, -0.25) is 4.79 Å². The number of hydrogen-bond acceptors (Lipinski definition) is 3. The summed E-state index contributed by atoms with van der Waals surface area (Å²) < 4.78 is 45.8. The highest BCUT2D eigenvalue weighted by molar-refractivity contribution is 6.31. The third-order valence-electron chi connectivity index (χ3n) is 4.45. The highest BCUT2D eigenvalue weighted by Crippen LogP contribution is 2.41. The molecule has 4 nitrogen and oxygen atoms in total. The van der Waals surface area contributed by atoms with Crippen LogP contribution in [0.5, 0.6) is 0 Å². The Bertz CT molecular complexity index is 846. The van der Waals surface area contributed by atoms with Crippen LogP contribution in [0.4, 0.5) is 13.2 Å². The van der Waals surface area contributed by atoms with Crippen LogP contribution in [-0.2, 0) is 4.79 Å². The van der Waals surface area contributed by atoms with Crippen LogP contribution in [0.3, 0.4) is 0 Å². The summed E-state index contributed by atoms with van der Waals surface area (Å²) in [5, 5.41) is -0.118. The number of carbonyl (C=O) groups is 1. The van der Waals surface area contributed by atoms with Gasteiger partial charge in [0.15, 0.2) is 0 Å². The summed E-state index contributed by atoms with van der Waals surface area (Å²) in [6.45, 7) is 10.0. The first kappa shape index (κ1) is 22.9. The van der Waals surface area contributed by atoms with E-state index in [0.29, 0.717) is 18.7 Å². The average molecular weight is 429 g/mol. The summed E-state index contributed by atoms with van der Waals surface area (Å²) in [5.41, 5.74) is -0.430. The van der Waals surface area contributed by atoms with Crippen molar-refractivity contribution in [2.24, 2.45) is 0 Å². The van der Waals surface area contributed by atoms with Gasteiger partial charge in [-0.15, -0.1) is 0 Å². The van der Waals surface area contributed by atoms with Gasteiger partial charge >= 0.3 is 6.18 Å². The van der Waals surface area contributed by atoms with Crippen molar-refractivity contribution in [3.63, 3.8) is 0 Å². The molecule has 1 aromatic heterocycles. The SMILES string of the molecule is C=C1C(C(F)(F)F)=CC(c2ccoc2)=CN1/C(Cl)=C(\C)C(=O)N(CCC)CCC. The fraction of sp³-hybridized carbons (Fsp3) is 0.381. The monoisotopic (exact) mass is 428 g/mol. The highest BCUT2D eigenvalue weighted by Gasteiger charge is 2.40. The summed E-state index contributed by atoms with van der Waals surface area (Å²) in [6.07, 6.45) is 2.01. The predicted molar refractivity (Wildman–Crippen MR) is 108 cm³/mol. The maximum Gasteiger partial charge on any atom is 0.418 e. The molecule has 1 aromatic rings. The fourth-order valence-corrected chi connectivity index (χ4v) is 3.22. The van der Waals surface area contributed by atoms with E-state index in [1.807, 2.05) is 13.8 Å². The Morgan fingerprint density at radius 3 is 2.38 bits per heavy atom. The molecule has 1 amide bonds. The molecule has 0 spiro atoms. The van der Waals surface area contributed by atoms with Crippen molar-refractivity contribution in [2.45, 2.75) is 39.8 Å². The molecule has 0 radical (unpaired) electrons. The van der Waals surface area contributed by atoms with Crippen molar-refractivity contribution < 1.29 is 22.4 Å². The minimum atomic E-state index is -4.63. The summed E-state index contributed by atoms with van der Waals surface area (Å²) in [6, 6.07) is 1.54. The Morgan fingerprint density at radius 1 is 1.28 bits per heavy atom. The summed E-state index contributed by atoms with van der Waals surface area (Å²) in [5.74, 6) is -0.312. The lowest BCUT2D eigenvalue weighted by Gasteiger charge is -2.31. The fourth-order valence-electron chi connectivity index (χ4n) is 2.99. The molecular formula is C21H24ClF3N2O2. The molecule has 0 N–H and O–H groups in total. The Morgan fingerprint density at radius 2 is 1.90 bits per heavy atom. The second kappa shape index (κ2) is 9.39. The molecule has 1 aliphatic rings. The van der Waals surface area contributed by atoms with E-state index in [0.717, 1.165) is 23.8 Å². The van der Waals surface area contributed by atoms with Crippen LogP contribution < -0.4 is 0 Å². The van der Waals surface area contributed by atoms with E-state index in [9.17, 15) is 18.0 Å². The van der Waals surface area contributed by atoms with Crippen molar-refractivity contribution in [3.05, 3.63) is 65.0 Å². The lowest BCUT2D eigenvalue weighted by molar-refractivity contribution is -0.127. The van der Waals surface area contributed by atoms with Crippen molar-refractivity contribution in [2.75, 3.05) is 13.1 Å². The zero-order chi connectivity index (χ0) is 21.8. The molecule has 0 atom stereocenters. The Labute approximate surface area is 173 Å². The maximum atomic E-state index is 13.6. The minimum absolute atomic E-state index is 0.118. The molecule has 0 aromatic carbocycles. The molecule has 0 saturated heterocycles. The smallest absolute Gasteiger partial charge is 0.418 e. The van der Waals surface area contributed by atoms with Crippen LogP contribution in [-0.4, -0.2) is 35.0 Å². The summed E-state index contributed by atoms with van der Waals surface area (Å²) >= 11 is 6.42. The third-order valence-corrected chi connectivity index (χ3v) is 4.91. The van der Waals surface area contributed by atoms with Gasteiger partial charge in [0.2, 0.25) is 0 Å². The Hall–Kier alpha value is -2.41. The number of nitrogens with zero attached hydrogens (tertiary/aromatic N) is 2. The quantitative estimate of drug-likeness (QED) is 0.391. The molecule has 8 heteroatoms. The number of carbonyl (C=O) groups excluding carboxylic acids is 1. The molecule has 0 unspecified atom stereocenters. The van der Waals surface area contributed by atoms with Gasteiger partial charge in [-0.05, 0) is 31.9 Å². The third kappa shape index (κ3) is 5.15. The highest BCUT2D eigenvalue weighted by atomic mass is 35.5. The minimum Gasteiger partial charge on any atom is -0.472 e. The Kier molecular flexibility index (Phi) is 7.41.